The fourth-order valence-electron chi connectivity index (χ4n) is 2.69. The van der Waals surface area contributed by atoms with Crippen LogP contribution in [-0.4, -0.2) is 32.0 Å². The van der Waals surface area contributed by atoms with E-state index in [9.17, 15) is 0 Å². The lowest BCUT2D eigenvalue weighted by molar-refractivity contribution is 0.380. The van der Waals surface area contributed by atoms with Gasteiger partial charge < -0.3 is 14.5 Å². The largest absolute Gasteiger partial charge is 0.467 e. The summed E-state index contributed by atoms with van der Waals surface area (Å²) in [6, 6.07) is 5.98. The van der Waals surface area contributed by atoms with Crippen LogP contribution in [0.25, 0.3) is 11.6 Å². The third-order valence-corrected chi connectivity index (χ3v) is 5.86. The summed E-state index contributed by atoms with van der Waals surface area (Å²) in [6.45, 7) is 8.85. The number of anilines is 1. The monoisotopic (exact) mass is 466 g/mol. The number of methoxy groups -OCH3 is 1. The quantitative estimate of drug-likeness (QED) is 0.404. The summed E-state index contributed by atoms with van der Waals surface area (Å²) < 4.78 is 10.5. The molecule has 1 aliphatic carbocycles. The Balaban J connectivity index is 0.000000250. The van der Waals surface area contributed by atoms with Crippen LogP contribution in [0.1, 0.15) is 40.9 Å². The van der Waals surface area contributed by atoms with Crippen LogP contribution in [0.15, 0.2) is 47.5 Å². The average Bonchev–Trinajstić information content (AvgIpc) is 3.29. The molecule has 1 aliphatic rings. The Morgan fingerprint density at radius 1 is 1.06 bits per heavy atom. The maximum absolute atomic E-state index is 5.35. The second-order valence-electron chi connectivity index (χ2n) is 7.67. The lowest BCUT2D eigenvalue weighted by atomic mass is 10.2. The summed E-state index contributed by atoms with van der Waals surface area (Å²) in [4.78, 5) is 22.3. The standard InChI is InChI=1S/C15H17N5O2S.C5H5N.C4H8/c1-8-12(14-16-5-6-22-14)19-15(21-4)20-13(8)17-7-11-9(2)18-10(3)23-11;1-2-4-6-5-3-1;1-4-2-3-4/h5-6H,7H2,1-4H3,(H,17,19,20);1-5H;4H,2-3H2,1H3. The molecule has 0 unspecified atom stereocenters. The minimum Gasteiger partial charge on any atom is -0.467 e. The van der Waals surface area contributed by atoms with Gasteiger partial charge in [-0.05, 0) is 38.8 Å². The summed E-state index contributed by atoms with van der Waals surface area (Å²) in [6.07, 6.45) is 9.57. The molecule has 5 rings (SSSR count). The fourth-order valence-corrected chi connectivity index (χ4v) is 3.57. The molecule has 4 aromatic rings. The molecular weight excluding hydrogens is 436 g/mol. The van der Waals surface area contributed by atoms with Crippen LogP contribution in [0.2, 0.25) is 0 Å². The van der Waals surface area contributed by atoms with Crippen LogP contribution in [0.3, 0.4) is 0 Å². The van der Waals surface area contributed by atoms with Crippen molar-refractivity contribution in [3.63, 3.8) is 0 Å². The molecule has 33 heavy (non-hydrogen) atoms. The van der Waals surface area contributed by atoms with Gasteiger partial charge in [-0.2, -0.15) is 9.97 Å². The number of aromatic nitrogens is 5. The van der Waals surface area contributed by atoms with Gasteiger partial charge in [0.15, 0.2) is 0 Å². The van der Waals surface area contributed by atoms with Crippen LogP contribution in [0.4, 0.5) is 5.82 Å². The highest BCUT2D eigenvalue weighted by Gasteiger charge is 2.17. The van der Waals surface area contributed by atoms with E-state index in [-0.39, 0.29) is 6.01 Å². The molecule has 0 bridgehead atoms. The van der Waals surface area contributed by atoms with Crippen LogP contribution in [-0.2, 0) is 6.54 Å². The minimum absolute atomic E-state index is 0.267. The van der Waals surface area contributed by atoms with Crippen molar-refractivity contribution in [3.05, 3.63) is 64.2 Å². The molecule has 1 N–H and O–H groups in total. The van der Waals surface area contributed by atoms with Gasteiger partial charge >= 0.3 is 6.01 Å². The Bertz CT molecular complexity index is 1080. The normalized spacial score (nSPS) is 12.2. The first-order valence-electron chi connectivity index (χ1n) is 10.8. The Labute approximate surface area is 198 Å². The molecule has 9 heteroatoms. The van der Waals surface area contributed by atoms with E-state index in [0.29, 0.717) is 23.9 Å². The molecule has 174 valence electrons. The first-order valence-corrected chi connectivity index (χ1v) is 11.6. The van der Waals surface area contributed by atoms with Crippen LogP contribution < -0.4 is 10.1 Å². The third kappa shape index (κ3) is 7.64. The van der Waals surface area contributed by atoms with Crippen molar-refractivity contribution in [2.24, 2.45) is 5.92 Å². The van der Waals surface area contributed by atoms with E-state index in [4.69, 9.17) is 9.15 Å². The smallest absolute Gasteiger partial charge is 0.318 e. The van der Waals surface area contributed by atoms with E-state index >= 15 is 0 Å². The fraction of sp³-hybridized carbons (Fsp3) is 0.375. The Morgan fingerprint density at radius 3 is 2.24 bits per heavy atom. The topological polar surface area (TPSA) is 98.8 Å². The second-order valence-corrected chi connectivity index (χ2v) is 8.96. The van der Waals surface area contributed by atoms with Crippen LogP contribution >= 0.6 is 11.3 Å². The zero-order chi connectivity index (χ0) is 23.6. The summed E-state index contributed by atoms with van der Waals surface area (Å²) >= 11 is 1.67. The maximum Gasteiger partial charge on any atom is 0.318 e. The number of hydrogen-bond acceptors (Lipinski definition) is 9. The molecule has 0 spiro atoms. The first kappa shape index (κ1) is 24.3. The summed E-state index contributed by atoms with van der Waals surface area (Å²) in [7, 11) is 1.53. The average molecular weight is 467 g/mol. The van der Waals surface area contributed by atoms with Gasteiger partial charge in [-0.3, -0.25) is 4.98 Å². The molecule has 4 heterocycles. The summed E-state index contributed by atoms with van der Waals surface area (Å²) in [5, 5.41) is 4.38. The molecule has 0 radical (unpaired) electrons. The van der Waals surface area contributed by atoms with E-state index in [1.807, 2.05) is 39.0 Å². The molecule has 8 nitrogen and oxygen atoms in total. The zero-order valence-corrected chi connectivity index (χ0v) is 20.5. The van der Waals surface area contributed by atoms with E-state index in [1.54, 1.807) is 29.9 Å². The van der Waals surface area contributed by atoms with Crippen molar-refractivity contribution < 1.29 is 9.15 Å². The number of pyridine rings is 1. The van der Waals surface area contributed by atoms with Crippen molar-refractivity contribution in [2.45, 2.75) is 47.1 Å². The van der Waals surface area contributed by atoms with E-state index in [0.717, 1.165) is 22.2 Å². The number of oxazole rings is 1. The molecule has 0 amide bonds. The molecule has 1 saturated carbocycles. The lowest BCUT2D eigenvalue weighted by Crippen LogP contribution is -2.07. The van der Waals surface area contributed by atoms with Gasteiger partial charge in [0.1, 0.15) is 17.8 Å². The van der Waals surface area contributed by atoms with Crippen LogP contribution in [0.5, 0.6) is 6.01 Å². The van der Waals surface area contributed by atoms with E-state index < -0.39 is 0 Å². The predicted molar refractivity (Wildman–Crippen MR) is 130 cm³/mol. The Morgan fingerprint density at radius 2 is 1.79 bits per heavy atom. The second kappa shape index (κ2) is 12.1. The number of rotatable bonds is 5. The Kier molecular flexibility index (Phi) is 8.88. The van der Waals surface area contributed by atoms with Gasteiger partial charge in [0.2, 0.25) is 5.89 Å². The predicted octanol–water partition coefficient (Wildman–Crippen LogP) is 5.63. The highest BCUT2D eigenvalue weighted by molar-refractivity contribution is 7.11. The molecule has 0 saturated heterocycles. The van der Waals surface area contributed by atoms with Crippen molar-refractivity contribution in [1.82, 2.24) is 24.9 Å². The molecular formula is C24H30N6O2S. The molecule has 0 aromatic carbocycles. The van der Waals surface area contributed by atoms with Gasteiger partial charge in [-0.25, -0.2) is 9.97 Å². The number of nitrogens with zero attached hydrogens (tertiary/aromatic N) is 5. The highest BCUT2D eigenvalue weighted by atomic mass is 32.1. The minimum atomic E-state index is 0.267. The van der Waals surface area contributed by atoms with Gasteiger partial charge in [0.05, 0.1) is 30.6 Å². The maximum atomic E-state index is 5.35. The van der Waals surface area contributed by atoms with E-state index in [1.165, 1.54) is 31.1 Å². The van der Waals surface area contributed by atoms with Gasteiger partial charge in [-0.1, -0.05) is 25.8 Å². The lowest BCUT2D eigenvalue weighted by Gasteiger charge is -2.11. The SMILES string of the molecule is CC1CC1.COc1nc(NCc2sc(C)nc2C)c(C)c(-c2ncco2)n1.c1ccncc1. The van der Waals surface area contributed by atoms with Gasteiger partial charge in [-0.15, -0.1) is 11.3 Å². The third-order valence-electron chi connectivity index (χ3n) is 4.79. The number of nitrogens with one attached hydrogen (secondary N) is 1. The zero-order valence-electron chi connectivity index (χ0n) is 19.7. The Hall–Kier alpha value is -3.33. The van der Waals surface area contributed by atoms with Crippen LogP contribution in [0, 0.1) is 26.7 Å². The van der Waals surface area contributed by atoms with Crippen molar-refractivity contribution in [1.29, 1.82) is 0 Å². The van der Waals surface area contributed by atoms with Crippen molar-refractivity contribution in [2.75, 3.05) is 12.4 Å². The van der Waals surface area contributed by atoms with Gasteiger partial charge in [0, 0.05) is 22.8 Å². The first-order chi connectivity index (χ1) is 16.0. The number of hydrogen-bond donors (Lipinski definition) is 1. The molecule has 1 fully saturated rings. The summed E-state index contributed by atoms with van der Waals surface area (Å²) in [5.74, 6) is 2.21. The summed E-state index contributed by atoms with van der Waals surface area (Å²) in [5.41, 5.74) is 2.50. The van der Waals surface area contributed by atoms with Crippen molar-refractivity contribution >= 4 is 17.2 Å². The molecule has 0 aliphatic heterocycles. The van der Waals surface area contributed by atoms with Crippen molar-refractivity contribution in [3.8, 4) is 17.6 Å². The molecule has 4 aromatic heterocycles. The number of thiazole rings is 1. The molecule has 0 atom stereocenters. The highest BCUT2D eigenvalue weighted by Crippen LogP contribution is 2.28. The van der Waals surface area contributed by atoms with E-state index in [2.05, 4.69) is 37.2 Å². The number of aryl methyl sites for hydroxylation is 2. The van der Waals surface area contributed by atoms with Gasteiger partial charge in [0.25, 0.3) is 0 Å². The number of ether oxygens (including phenoxy) is 1.